The van der Waals surface area contributed by atoms with Crippen molar-refractivity contribution < 1.29 is 13.6 Å². The highest BCUT2D eigenvalue weighted by atomic mass is 32.2. The number of rotatable bonds is 5. The minimum atomic E-state index is -0.774. The first-order valence-corrected chi connectivity index (χ1v) is 7.94. The molecule has 0 radical (unpaired) electrons. The Kier molecular flexibility index (Phi) is 5.55. The third kappa shape index (κ3) is 4.31. The van der Waals surface area contributed by atoms with Gasteiger partial charge in [-0.1, -0.05) is 35.9 Å². The summed E-state index contributed by atoms with van der Waals surface area (Å²) >= 11 is 1.42. The van der Waals surface area contributed by atoms with Crippen molar-refractivity contribution in [1.82, 2.24) is 0 Å². The maximum atomic E-state index is 13.5. The van der Waals surface area contributed by atoms with Gasteiger partial charge in [-0.3, -0.25) is 4.79 Å². The summed E-state index contributed by atoms with van der Waals surface area (Å²) in [6, 6.07) is 11.5. The first kappa shape index (κ1) is 16.5. The van der Waals surface area contributed by atoms with E-state index in [1.54, 1.807) is 6.92 Å². The van der Waals surface area contributed by atoms with Crippen molar-refractivity contribution in [2.75, 3.05) is 5.32 Å². The van der Waals surface area contributed by atoms with Crippen LogP contribution in [-0.2, 0) is 10.5 Å². The number of hydrogen-bond donors (Lipinski definition) is 1. The molecule has 2 aromatic carbocycles. The van der Waals surface area contributed by atoms with Crippen LogP contribution in [0.1, 0.15) is 18.1 Å². The van der Waals surface area contributed by atoms with Gasteiger partial charge in [0.25, 0.3) is 0 Å². The molecule has 1 amide bonds. The number of nitrogens with one attached hydrogen (secondary N) is 1. The minimum absolute atomic E-state index is 0.393. The van der Waals surface area contributed by atoms with E-state index in [0.29, 0.717) is 5.75 Å². The van der Waals surface area contributed by atoms with Gasteiger partial charge in [0.05, 0.1) is 5.25 Å². The van der Waals surface area contributed by atoms with E-state index in [1.807, 2.05) is 31.2 Å². The summed E-state index contributed by atoms with van der Waals surface area (Å²) < 4.78 is 27.0. The SMILES string of the molecule is Cc1cccc(CSC(C)C(=O)Nc2c(F)cccc2F)c1. The Hall–Kier alpha value is -1.88. The average molecular weight is 321 g/mol. The second kappa shape index (κ2) is 7.40. The van der Waals surface area contributed by atoms with E-state index in [1.165, 1.54) is 17.8 Å². The molecule has 2 rings (SSSR count). The van der Waals surface area contributed by atoms with E-state index < -0.39 is 28.5 Å². The van der Waals surface area contributed by atoms with Gasteiger partial charge in [-0.2, -0.15) is 0 Å². The van der Waals surface area contributed by atoms with Gasteiger partial charge in [0.15, 0.2) is 0 Å². The summed E-state index contributed by atoms with van der Waals surface area (Å²) in [4.78, 5) is 12.0. The fourth-order valence-corrected chi connectivity index (χ4v) is 2.77. The summed E-state index contributed by atoms with van der Waals surface area (Å²) in [7, 11) is 0. The normalized spacial score (nSPS) is 12.0. The van der Waals surface area contributed by atoms with Gasteiger partial charge < -0.3 is 5.32 Å². The fourth-order valence-electron chi connectivity index (χ4n) is 1.94. The molecule has 0 aromatic heterocycles. The number of para-hydroxylation sites is 1. The molecule has 1 unspecified atom stereocenters. The van der Waals surface area contributed by atoms with Crippen molar-refractivity contribution in [3.8, 4) is 0 Å². The highest BCUT2D eigenvalue weighted by Crippen LogP contribution is 2.22. The van der Waals surface area contributed by atoms with Gasteiger partial charge >= 0.3 is 0 Å². The van der Waals surface area contributed by atoms with Gasteiger partial charge in [-0.05, 0) is 31.5 Å². The van der Waals surface area contributed by atoms with Crippen molar-refractivity contribution in [3.05, 3.63) is 65.2 Å². The third-order valence-electron chi connectivity index (χ3n) is 3.16. The molecule has 0 bridgehead atoms. The molecule has 5 heteroatoms. The molecular formula is C17H17F2NOS. The van der Waals surface area contributed by atoms with Gasteiger partial charge in [-0.15, -0.1) is 11.8 Å². The molecule has 2 aromatic rings. The maximum absolute atomic E-state index is 13.5. The Morgan fingerprint density at radius 2 is 1.82 bits per heavy atom. The first-order valence-electron chi connectivity index (χ1n) is 6.89. The molecule has 116 valence electrons. The largest absolute Gasteiger partial charge is 0.320 e. The van der Waals surface area contributed by atoms with E-state index in [0.717, 1.165) is 23.3 Å². The van der Waals surface area contributed by atoms with E-state index in [9.17, 15) is 13.6 Å². The van der Waals surface area contributed by atoms with Crippen LogP contribution in [0.4, 0.5) is 14.5 Å². The molecule has 0 aliphatic heterocycles. The predicted octanol–water partition coefficient (Wildman–Crippen LogP) is 4.53. The van der Waals surface area contributed by atoms with Crippen molar-refractivity contribution in [2.45, 2.75) is 24.9 Å². The van der Waals surface area contributed by atoms with Crippen LogP contribution >= 0.6 is 11.8 Å². The predicted molar refractivity (Wildman–Crippen MR) is 86.9 cm³/mol. The molecular weight excluding hydrogens is 304 g/mol. The molecule has 1 N–H and O–H groups in total. The van der Waals surface area contributed by atoms with Crippen LogP contribution in [0.3, 0.4) is 0 Å². The van der Waals surface area contributed by atoms with E-state index in [2.05, 4.69) is 5.32 Å². The second-order valence-electron chi connectivity index (χ2n) is 5.03. The molecule has 22 heavy (non-hydrogen) atoms. The lowest BCUT2D eigenvalue weighted by molar-refractivity contribution is -0.115. The lowest BCUT2D eigenvalue weighted by Gasteiger charge is -2.13. The number of thioether (sulfide) groups is 1. The molecule has 2 nitrogen and oxygen atoms in total. The molecule has 0 aliphatic carbocycles. The van der Waals surface area contributed by atoms with Crippen LogP contribution in [0.25, 0.3) is 0 Å². The standard InChI is InChI=1S/C17H17F2NOS/c1-11-5-3-6-13(9-11)10-22-12(2)17(21)20-16-14(18)7-4-8-15(16)19/h3-9,12H,10H2,1-2H3,(H,20,21). The summed E-state index contributed by atoms with van der Waals surface area (Å²) in [6.45, 7) is 3.72. The molecule has 0 heterocycles. The maximum Gasteiger partial charge on any atom is 0.237 e. The van der Waals surface area contributed by atoms with Crippen molar-refractivity contribution >= 4 is 23.4 Å². The topological polar surface area (TPSA) is 29.1 Å². The van der Waals surface area contributed by atoms with Crippen LogP contribution in [-0.4, -0.2) is 11.2 Å². The number of anilines is 1. The molecule has 0 fully saturated rings. The van der Waals surface area contributed by atoms with Crippen molar-refractivity contribution in [3.63, 3.8) is 0 Å². The van der Waals surface area contributed by atoms with Crippen molar-refractivity contribution in [2.24, 2.45) is 0 Å². The molecule has 1 atom stereocenters. The van der Waals surface area contributed by atoms with E-state index >= 15 is 0 Å². The highest BCUT2D eigenvalue weighted by molar-refractivity contribution is 7.99. The van der Waals surface area contributed by atoms with Gasteiger partial charge in [0, 0.05) is 5.75 Å². The summed E-state index contributed by atoms with van der Waals surface area (Å²) in [6.07, 6.45) is 0. The third-order valence-corrected chi connectivity index (χ3v) is 4.38. The minimum Gasteiger partial charge on any atom is -0.320 e. The Labute approximate surface area is 132 Å². The average Bonchev–Trinajstić information content (AvgIpc) is 2.48. The number of amides is 1. The smallest absolute Gasteiger partial charge is 0.237 e. The number of halogens is 2. The summed E-state index contributed by atoms with van der Waals surface area (Å²) in [5.74, 6) is -1.30. The fraction of sp³-hybridized carbons (Fsp3) is 0.235. The van der Waals surface area contributed by atoms with Crippen LogP contribution in [0.15, 0.2) is 42.5 Å². The van der Waals surface area contributed by atoms with Crippen LogP contribution < -0.4 is 5.32 Å². The highest BCUT2D eigenvalue weighted by Gasteiger charge is 2.17. The van der Waals surface area contributed by atoms with E-state index in [-0.39, 0.29) is 0 Å². The quantitative estimate of drug-likeness (QED) is 0.876. The van der Waals surface area contributed by atoms with Gasteiger partial charge in [0.1, 0.15) is 17.3 Å². The molecule has 0 spiro atoms. The summed E-state index contributed by atoms with van der Waals surface area (Å²) in [5, 5.41) is 1.90. The van der Waals surface area contributed by atoms with Crippen LogP contribution in [0, 0.1) is 18.6 Å². The number of aryl methyl sites for hydroxylation is 1. The Balaban J connectivity index is 1.95. The molecule has 0 saturated heterocycles. The zero-order valence-electron chi connectivity index (χ0n) is 12.4. The molecule has 0 saturated carbocycles. The lowest BCUT2D eigenvalue weighted by atomic mass is 10.2. The van der Waals surface area contributed by atoms with Gasteiger partial charge in [0.2, 0.25) is 5.91 Å². The van der Waals surface area contributed by atoms with Gasteiger partial charge in [-0.25, -0.2) is 8.78 Å². The summed E-state index contributed by atoms with van der Waals surface area (Å²) in [5.41, 5.74) is 1.88. The lowest BCUT2D eigenvalue weighted by Crippen LogP contribution is -2.23. The Bertz CT molecular complexity index is 655. The Morgan fingerprint density at radius 3 is 2.45 bits per heavy atom. The number of carbonyl (C=O) groups is 1. The van der Waals surface area contributed by atoms with Crippen LogP contribution in [0.2, 0.25) is 0 Å². The van der Waals surface area contributed by atoms with E-state index in [4.69, 9.17) is 0 Å². The monoisotopic (exact) mass is 321 g/mol. The van der Waals surface area contributed by atoms with Crippen LogP contribution in [0.5, 0.6) is 0 Å². The Morgan fingerprint density at radius 1 is 1.18 bits per heavy atom. The molecule has 0 aliphatic rings. The number of hydrogen-bond acceptors (Lipinski definition) is 2. The first-order chi connectivity index (χ1) is 10.5. The van der Waals surface area contributed by atoms with Crippen molar-refractivity contribution in [1.29, 1.82) is 0 Å². The number of carbonyl (C=O) groups excluding carboxylic acids is 1. The zero-order valence-corrected chi connectivity index (χ0v) is 13.2. The number of benzene rings is 2. The zero-order chi connectivity index (χ0) is 16.1. The second-order valence-corrected chi connectivity index (χ2v) is 6.36.